The smallest absolute Gasteiger partial charge is 0.378 e. The van der Waals surface area contributed by atoms with Gasteiger partial charge in [-0.2, -0.15) is 28.6 Å². The monoisotopic (exact) mass is 480 g/mol. The molecule has 1 aliphatic rings. The lowest BCUT2D eigenvalue weighted by atomic mass is 10.2. The summed E-state index contributed by atoms with van der Waals surface area (Å²) in [5.41, 5.74) is -1.35. The summed E-state index contributed by atoms with van der Waals surface area (Å²) in [5.74, 6) is 0. The molecule has 1 aliphatic heterocycles. The number of hydrogen-bond donors (Lipinski definition) is 2. The van der Waals surface area contributed by atoms with E-state index < -0.39 is 29.0 Å². The summed E-state index contributed by atoms with van der Waals surface area (Å²) in [5, 5.41) is 22.1. The van der Waals surface area contributed by atoms with Crippen LogP contribution in [0.2, 0.25) is 0 Å². The molecule has 174 valence electrons. The van der Waals surface area contributed by atoms with Gasteiger partial charge < -0.3 is 15.0 Å². The van der Waals surface area contributed by atoms with Crippen molar-refractivity contribution in [3.63, 3.8) is 0 Å². The van der Waals surface area contributed by atoms with E-state index in [1.54, 1.807) is 18.2 Å². The molecule has 10 nitrogen and oxygen atoms in total. The van der Waals surface area contributed by atoms with Crippen molar-refractivity contribution in [1.82, 2.24) is 25.0 Å². The molecule has 1 unspecified atom stereocenters. The molecular formula is C19H19F3N8O2S. The van der Waals surface area contributed by atoms with Crippen molar-refractivity contribution in [3.8, 4) is 6.07 Å². The molecule has 3 aromatic heterocycles. The first-order valence-electron chi connectivity index (χ1n) is 9.90. The summed E-state index contributed by atoms with van der Waals surface area (Å²) in [6.07, 6.45) is -2.32. The van der Waals surface area contributed by atoms with Crippen LogP contribution in [0.15, 0.2) is 23.3 Å². The second kappa shape index (κ2) is 9.20. The Hall–Kier alpha value is -3.44. The number of anilines is 2. The number of nitrogens with zero attached hydrogens (tertiary/aromatic N) is 6. The summed E-state index contributed by atoms with van der Waals surface area (Å²) < 4.78 is 47.0. The lowest BCUT2D eigenvalue weighted by Gasteiger charge is -2.26. The minimum Gasteiger partial charge on any atom is -0.378 e. The number of nitrogens with one attached hydrogen (secondary N) is 2. The number of fused-ring (bicyclic) bond motifs is 1. The van der Waals surface area contributed by atoms with Crippen molar-refractivity contribution in [1.29, 1.82) is 5.26 Å². The average molecular weight is 480 g/mol. The number of halogens is 3. The molecule has 4 heterocycles. The normalized spacial score (nSPS) is 14.6. The van der Waals surface area contributed by atoms with Crippen molar-refractivity contribution in [2.75, 3.05) is 23.4 Å². The zero-order valence-corrected chi connectivity index (χ0v) is 18.2. The van der Waals surface area contributed by atoms with E-state index in [4.69, 9.17) is 10.00 Å². The summed E-state index contributed by atoms with van der Waals surface area (Å²) >= 11 is 1.34. The SMILES string of the molecule is CC(COCc1cc2n(n1)CCN(c1ncc(C#N)s1)C2)Nc1cn[nH]c(=O)c1C(F)(F)F. The molecule has 2 N–H and O–H groups in total. The highest BCUT2D eigenvalue weighted by Crippen LogP contribution is 2.31. The van der Waals surface area contributed by atoms with Crippen molar-refractivity contribution in [2.24, 2.45) is 0 Å². The maximum absolute atomic E-state index is 13.2. The van der Waals surface area contributed by atoms with Gasteiger partial charge in [-0.25, -0.2) is 10.1 Å². The Morgan fingerprint density at radius 2 is 2.21 bits per heavy atom. The Morgan fingerprint density at radius 3 is 2.94 bits per heavy atom. The maximum Gasteiger partial charge on any atom is 0.423 e. The Balaban J connectivity index is 1.32. The van der Waals surface area contributed by atoms with Crippen LogP contribution in [-0.4, -0.2) is 44.2 Å². The Morgan fingerprint density at radius 1 is 1.39 bits per heavy atom. The molecule has 0 spiro atoms. The summed E-state index contributed by atoms with van der Waals surface area (Å²) in [6.45, 7) is 3.88. The zero-order chi connectivity index (χ0) is 23.6. The highest BCUT2D eigenvalue weighted by atomic mass is 32.1. The number of aromatic nitrogens is 5. The third kappa shape index (κ3) is 5.15. The van der Waals surface area contributed by atoms with Crippen molar-refractivity contribution in [3.05, 3.63) is 50.6 Å². The van der Waals surface area contributed by atoms with Gasteiger partial charge in [0.25, 0.3) is 5.56 Å². The minimum atomic E-state index is -4.81. The predicted octanol–water partition coefficient (Wildman–Crippen LogP) is 2.35. The van der Waals surface area contributed by atoms with Gasteiger partial charge in [0.15, 0.2) is 5.13 Å². The van der Waals surface area contributed by atoms with E-state index in [1.807, 2.05) is 10.7 Å². The summed E-state index contributed by atoms with van der Waals surface area (Å²) in [4.78, 5) is 18.5. The van der Waals surface area contributed by atoms with Crippen LogP contribution in [0, 0.1) is 11.3 Å². The number of nitriles is 1. The van der Waals surface area contributed by atoms with Gasteiger partial charge in [0.2, 0.25) is 0 Å². The van der Waals surface area contributed by atoms with Gasteiger partial charge in [0, 0.05) is 12.6 Å². The molecule has 0 bridgehead atoms. The van der Waals surface area contributed by atoms with Gasteiger partial charge in [-0.3, -0.25) is 9.48 Å². The van der Waals surface area contributed by atoms with E-state index in [2.05, 4.69) is 31.5 Å². The summed E-state index contributed by atoms with van der Waals surface area (Å²) in [6, 6.07) is 3.48. The first-order chi connectivity index (χ1) is 15.7. The highest BCUT2D eigenvalue weighted by Gasteiger charge is 2.37. The van der Waals surface area contributed by atoms with Gasteiger partial charge >= 0.3 is 6.18 Å². The molecule has 0 fully saturated rings. The maximum atomic E-state index is 13.2. The number of hydrogen-bond acceptors (Lipinski definition) is 9. The average Bonchev–Trinajstić information content (AvgIpc) is 3.38. The largest absolute Gasteiger partial charge is 0.423 e. The number of thiazole rings is 1. The van der Waals surface area contributed by atoms with Crippen LogP contribution in [0.25, 0.3) is 0 Å². The Labute approximate surface area is 189 Å². The zero-order valence-electron chi connectivity index (χ0n) is 17.4. The molecule has 14 heteroatoms. The van der Waals surface area contributed by atoms with E-state index in [-0.39, 0.29) is 13.2 Å². The van der Waals surface area contributed by atoms with Crippen LogP contribution >= 0.6 is 11.3 Å². The van der Waals surface area contributed by atoms with E-state index in [0.29, 0.717) is 30.2 Å². The van der Waals surface area contributed by atoms with Gasteiger partial charge in [0.05, 0.1) is 55.8 Å². The number of aromatic amines is 1. The topological polar surface area (TPSA) is 125 Å². The number of ether oxygens (including phenoxy) is 1. The van der Waals surface area contributed by atoms with Crippen LogP contribution < -0.4 is 15.8 Å². The fourth-order valence-corrected chi connectivity index (χ4v) is 4.20. The fourth-order valence-electron chi connectivity index (χ4n) is 3.46. The first kappa shape index (κ1) is 22.7. The minimum absolute atomic E-state index is 0.0917. The lowest BCUT2D eigenvalue weighted by Crippen LogP contribution is -2.33. The van der Waals surface area contributed by atoms with Crippen LogP contribution in [-0.2, 0) is 30.6 Å². The van der Waals surface area contributed by atoms with Crippen LogP contribution in [0.5, 0.6) is 0 Å². The third-order valence-corrected chi connectivity index (χ3v) is 5.84. The Bertz CT molecular complexity index is 1230. The van der Waals surface area contributed by atoms with Crippen LogP contribution in [0.4, 0.5) is 24.0 Å². The molecule has 0 aromatic carbocycles. The quantitative estimate of drug-likeness (QED) is 0.528. The molecule has 0 saturated carbocycles. The predicted molar refractivity (Wildman–Crippen MR) is 113 cm³/mol. The van der Waals surface area contributed by atoms with E-state index in [0.717, 1.165) is 17.0 Å². The van der Waals surface area contributed by atoms with Gasteiger partial charge in [-0.05, 0) is 13.0 Å². The lowest BCUT2D eigenvalue weighted by molar-refractivity contribution is -0.138. The fraction of sp³-hybridized carbons (Fsp3) is 0.421. The van der Waals surface area contributed by atoms with E-state index >= 15 is 0 Å². The molecule has 0 aliphatic carbocycles. The molecule has 1 atom stereocenters. The molecule has 33 heavy (non-hydrogen) atoms. The van der Waals surface area contributed by atoms with Gasteiger partial charge in [0.1, 0.15) is 16.5 Å². The Kier molecular flexibility index (Phi) is 6.34. The standard InChI is InChI=1S/C19H19F3N8O2S/c1-11(26-15-7-25-27-17(31)16(15)19(20,21)22)9-32-10-12-4-13-8-29(2-3-30(13)28-12)18-24-6-14(5-23)33-18/h4,6-7,11H,2-3,8-10H2,1H3,(H2,26,27,31). The molecule has 4 rings (SSSR count). The second-order valence-corrected chi connectivity index (χ2v) is 8.45. The molecule has 0 radical (unpaired) electrons. The summed E-state index contributed by atoms with van der Waals surface area (Å²) in [7, 11) is 0. The van der Waals surface area contributed by atoms with Crippen LogP contribution in [0.3, 0.4) is 0 Å². The third-order valence-electron chi connectivity index (χ3n) is 4.88. The molecule has 3 aromatic rings. The number of rotatable bonds is 7. The first-order valence-corrected chi connectivity index (χ1v) is 10.7. The van der Waals surface area contributed by atoms with Crippen molar-refractivity contribution in [2.45, 2.75) is 38.8 Å². The number of H-pyrrole nitrogens is 1. The van der Waals surface area contributed by atoms with Crippen molar-refractivity contribution >= 4 is 22.2 Å². The molecule has 0 amide bonds. The second-order valence-electron chi connectivity index (χ2n) is 7.44. The highest BCUT2D eigenvalue weighted by molar-refractivity contribution is 7.16. The van der Waals surface area contributed by atoms with Crippen LogP contribution in [0.1, 0.15) is 28.8 Å². The van der Waals surface area contributed by atoms with E-state index in [1.165, 1.54) is 11.3 Å². The van der Waals surface area contributed by atoms with Gasteiger partial charge in [-0.1, -0.05) is 11.3 Å². The number of alkyl halides is 3. The van der Waals surface area contributed by atoms with E-state index in [9.17, 15) is 18.0 Å². The molecular weight excluding hydrogens is 461 g/mol. The van der Waals surface area contributed by atoms with Gasteiger partial charge in [-0.15, -0.1) is 0 Å². The molecule has 0 saturated heterocycles. The van der Waals surface area contributed by atoms with Crippen molar-refractivity contribution < 1.29 is 17.9 Å².